The molecule has 116 valence electrons. The van der Waals surface area contributed by atoms with E-state index >= 15 is 0 Å². The Bertz CT molecular complexity index is 558. The molecule has 1 heterocycles. The van der Waals surface area contributed by atoms with E-state index in [2.05, 4.69) is 10.3 Å². The summed E-state index contributed by atoms with van der Waals surface area (Å²) in [5.41, 5.74) is 2.36. The number of H-pyrrole nitrogens is 1. The number of aromatic amines is 1. The molecule has 6 nitrogen and oxygen atoms in total. The highest BCUT2D eigenvalue weighted by molar-refractivity contribution is 5.92. The summed E-state index contributed by atoms with van der Waals surface area (Å²) < 4.78 is 5.19. The molecular formula is C15H22N2O4. The number of aromatic nitrogens is 1. The van der Waals surface area contributed by atoms with Crippen LogP contribution in [0, 0.1) is 13.8 Å². The largest absolute Gasteiger partial charge is 0.448 e. The first-order valence-corrected chi connectivity index (χ1v) is 7.19. The second kappa shape index (κ2) is 5.89. The van der Waals surface area contributed by atoms with Gasteiger partial charge in [0.2, 0.25) is 0 Å². The van der Waals surface area contributed by atoms with Gasteiger partial charge >= 0.3 is 5.97 Å². The molecule has 1 aliphatic carbocycles. The lowest BCUT2D eigenvalue weighted by atomic mass is 10.1. The molecule has 0 unspecified atom stereocenters. The highest BCUT2D eigenvalue weighted by Gasteiger charge is 2.28. The lowest BCUT2D eigenvalue weighted by Gasteiger charge is -2.13. The fourth-order valence-electron chi connectivity index (χ4n) is 2.41. The van der Waals surface area contributed by atoms with Gasteiger partial charge in [-0.15, -0.1) is 0 Å². The van der Waals surface area contributed by atoms with Crippen molar-refractivity contribution in [2.75, 3.05) is 0 Å². The number of rotatable bonds is 5. The van der Waals surface area contributed by atoms with E-state index in [0.29, 0.717) is 11.1 Å². The molecule has 3 N–H and O–H groups in total. The maximum Gasteiger partial charge on any atom is 0.355 e. The number of aryl methyl sites for hydroxylation is 1. The number of hydrogen-bond acceptors (Lipinski definition) is 4. The molecule has 0 radical (unpaired) electrons. The first-order valence-electron chi connectivity index (χ1n) is 7.19. The maximum atomic E-state index is 12.2. The van der Waals surface area contributed by atoms with Crippen molar-refractivity contribution in [1.82, 2.24) is 10.3 Å². The minimum absolute atomic E-state index is 0.231. The molecule has 21 heavy (non-hydrogen) atoms. The Labute approximate surface area is 123 Å². The van der Waals surface area contributed by atoms with Crippen molar-refractivity contribution in [2.45, 2.75) is 58.8 Å². The third kappa shape index (κ3) is 3.44. The van der Waals surface area contributed by atoms with E-state index in [1.54, 1.807) is 27.7 Å². The molecule has 0 spiro atoms. The summed E-state index contributed by atoms with van der Waals surface area (Å²) in [7, 11) is 0. The molecule has 0 bridgehead atoms. The molecule has 1 aromatic rings. The van der Waals surface area contributed by atoms with Crippen molar-refractivity contribution >= 4 is 11.9 Å². The Morgan fingerprint density at radius 2 is 1.95 bits per heavy atom. The van der Waals surface area contributed by atoms with Gasteiger partial charge in [-0.25, -0.2) is 4.79 Å². The van der Waals surface area contributed by atoms with Crippen molar-refractivity contribution in [3.05, 3.63) is 22.5 Å². The van der Waals surface area contributed by atoms with E-state index in [1.807, 2.05) is 0 Å². The van der Waals surface area contributed by atoms with Crippen molar-refractivity contribution in [2.24, 2.45) is 0 Å². The number of carbonyl (C=O) groups excluding carboxylic acids is 2. The summed E-state index contributed by atoms with van der Waals surface area (Å²) in [6.07, 6.45) is 0.465. The monoisotopic (exact) mass is 294 g/mol. The highest BCUT2D eigenvalue weighted by Crippen LogP contribution is 2.25. The number of amides is 1. The number of hydrogen-bond donors (Lipinski definition) is 3. The molecule has 1 aromatic heterocycles. The van der Waals surface area contributed by atoms with Crippen LogP contribution in [-0.4, -0.2) is 34.1 Å². The average molecular weight is 294 g/mol. The Hall–Kier alpha value is -1.82. The summed E-state index contributed by atoms with van der Waals surface area (Å²) >= 11 is 0. The summed E-state index contributed by atoms with van der Waals surface area (Å²) in [6.45, 7) is 6.73. The van der Waals surface area contributed by atoms with Crippen molar-refractivity contribution in [3.63, 3.8) is 0 Å². The van der Waals surface area contributed by atoms with Crippen LogP contribution in [0.4, 0.5) is 0 Å². The zero-order valence-corrected chi connectivity index (χ0v) is 12.8. The Morgan fingerprint density at radius 3 is 2.43 bits per heavy atom. The molecule has 0 saturated heterocycles. The number of ether oxygens (including phenoxy) is 1. The quantitative estimate of drug-likeness (QED) is 0.718. The molecule has 1 saturated carbocycles. The summed E-state index contributed by atoms with van der Waals surface area (Å²) in [6, 6.07) is 0.231. The van der Waals surface area contributed by atoms with E-state index < -0.39 is 18.2 Å². The fraction of sp³-hybridized carbons (Fsp3) is 0.600. The van der Waals surface area contributed by atoms with Gasteiger partial charge < -0.3 is 20.1 Å². The topological polar surface area (TPSA) is 91.4 Å². The number of esters is 1. The Kier molecular flexibility index (Phi) is 4.37. The van der Waals surface area contributed by atoms with Gasteiger partial charge in [-0.05, 0) is 46.1 Å². The summed E-state index contributed by atoms with van der Waals surface area (Å²) in [5.74, 6) is -0.858. The van der Waals surface area contributed by atoms with E-state index in [4.69, 9.17) is 4.74 Å². The lowest BCUT2D eigenvalue weighted by molar-refractivity contribution is -0.129. The van der Waals surface area contributed by atoms with Crippen LogP contribution in [0.1, 0.15) is 60.1 Å². The average Bonchev–Trinajstić information content (AvgIpc) is 3.13. The highest BCUT2D eigenvalue weighted by atomic mass is 16.5. The zero-order valence-electron chi connectivity index (χ0n) is 12.8. The molecule has 0 aliphatic heterocycles. The van der Waals surface area contributed by atoms with Gasteiger partial charge in [0.25, 0.3) is 5.91 Å². The third-order valence-electron chi connectivity index (χ3n) is 3.69. The van der Waals surface area contributed by atoms with E-state index in [-0.39, 0.29) is 17.6 Å². The molecule has 2 atom stereocenters. The minimum Gasteiger partial charge on any atom is -0.448 e. The predicted octanol–water partition coefficient (Wildman–Crippen LogP) is 1.51. The SMILES string of the molecule is Cc1[nH]c(C(=O)O[C@H](C)C(=O)NC2CC2)c(C)c1[C@H](C)O. The van der Waals surface area contributed by atoms with Gasteiger partial charge in [0.15, 0.2) is 6.10 Å². The summed E-state index contributed by atoms with van der Waals surface area (Å²) in [5, 5.41) is 12.5. The minimum atomic E-state index is -0.837. The predicted molar refractivity (Wildman–Crippen MR) is 76.9 cm³/mol. The van der Waals surface area contributed by atoms with Crippen LogP contribution in [0.15, 0.2) is 0 Å². The zero-order chi connectivity index (χ0) is 15.7. The van der Waals surface area contributed by atoms with Gasteiger partial charge in [-0.2, -0.15) is 0 Å². The number of carbonyl (C=O) groups is 2. The summed E-state index contributed by atoms with van der Waals surface area (Å²) in [4.78, 5) is 26.9. The lowest BCUT2D eigenvalue weighted by Crippen LogP contribution is -2.37. The van der Waals surface area contributed by atoms with Crippen LogP contribution in [0.2, 0.25) is 0 Å². The van der Waals surface area contributed by atoms with Crippen LogP contribution >= 0.6 is 0 Å². The van der Waals surface area contributed by atoms with Crippen molar-refractivity contribution in [1.29, 1.82) is 0 Å². The molecule has 1 aliphatic rings. The number of nitrogens with one attached hydrogen (secondary N) is 2. The van der Waals surface area contributed by atoms with Gasteiger partial charge in [-0.1, -0.05) is 0 Å². The molecule has 1 amide bonds. The molecule has 2 rings (SSSR count). The molecule has 0 aromatic carbocycles. The second-order valence-corrected chi connectivity index (χ2v) is 5.67. The van der Waals surface area contributed by atoms with Gasteiger partial charge in [0.05, 0.1) is 6.10 Å². The van der Waals surface area contributed by atoms with Crippen LogP contribution < -0.4 is 5.32 Å². The normalized spacial score (nSPS) is 17.2. The van der Waals surface area contributed by atoms with E-state index in [1.165, 1.54) is 0 Å². The smallest absolute Gasteiger partial charge is 0.355 e. The van der Waals surface area contributed by atoms with Gasteiger partial charge in [0, 0.05) is 17.3 Å². The molecule has 1 fully saturated rings. The third-order valence-corrected chi connectivity index (χ3v) is 3.69. The maximum absolute atomic E-state index is 12.2. The van der Waals surface area contributed by atoms with E-state index in [9.17, 15) is 14.7 Å². The number of aliphatic hydroxyl groups is 1. The van der Waals surface area contributed by atoms with Crippen LogP contribution in [0.3, 0.4) is 0 Å². The van der Waals surface area contributed by atoms with Crippen LogP contribution in [-0.2, 0) is 9.53 Å². The van der Waals surface area contributed by atoms with Gasteiger partial charge in [-0.3, -0.25) is 4.79 Å². The van der Waals surface area contributed by atoms with Crippen molar-refractivity contribution in [3.8, 4) is 0 Å². The Morgan fingerprint density at radius 1 is 1.33 bits per heavy atom. The van der Waals surface area contributed by atoms with Crippen LogP contribution in [0.25, 0.3) is 0 Å². The van der Waals surface area contributed by atoms with Gasteiger partial charge in [0.1, 0.15) is 5.69 Å². The number of aliphatic hydroxyl groups excluding tert-OH is 1. The Balaban J connectivity index is 2.06. The van der Waals surface area contributed by atoms with Crippen molar-refractivity contribution < 1.29 is 19.4 Å². The standard InChI is InChI=1S/C15H22N2O4/c1-7-12(9(3)18)8(2)16-13(7)15(20)21-10(4)14(19)17-11-5-6-11/h9-11,16,18H,5-6H2,1-4H3,(H,17,19)/t9-,10+/m0/s1. The second-order valence-electron chi connectivity index (χ2n) is 5.67. The fourth-order valence-corrected chi connectivity index (χ4v) is 2.41. The van der Waals surface area contributed by atoms with E-state index in [0.717, 1.165) is 18.5 Å². The molecular weight excluding hydrogens is 272 g/mol. The molecule has 6 heteroatoms. The first-order chi connectivity index (χ1) is 9.81. The van der Waals surface area contributed by atoms with Crippen LogP contribution in [0.5, 0.6) is 0 Å². The first kappa shape index (κ1) is 15.6.